The molecule has 0 fully saturated rings. The molecule has 11 nitrogen and oxygen atoms in total. The van der Waals surface area contributed by atoms with Gasteiger partial charge in [-0.3, -0.25) is 19.2 Å². The van der Waals surface area contributed by atoms with Crippen LogP contribution in [0.25, 0.3) is 0 Å². The number of rotatable bonds is 12. The first-order valence-corrected chi connectivity index (χ1v) is 9.85. The Balaban J connectivity index is 0. The van der Waals surface area contributed by atoms with Crippen molar-refractivity contribution in [3.8, 4) is 0 Å². The second-order valence-electron chi connectivity index (χ2n) is 5.40. The number of carbonyl (C=O) groups excluding carboxylic acids is 2. The molecule has 0 aliphatic carbocycles. The van der Waals surface area contributed by atoms with Crippen molar-refractivity contribution < 1.29 is 39.6 Å². The van der Waals surface area contributed by atoms with Gasteiger partial charge in [0.2, 0.25) is 11.8 Å². The third-order valence-corrected chi connectivity index (χ3v) is 4.18. The van der Waals surface area contributed by atoms with E-state index in [1.54, 1.807) is 0 Å². The fourth-order valence-corrected chi connectivity index (χ4v) is 2.14. The second kappa shape index (κ2) is 16.7. The summed E-state index contributed by atoms with van der Waals surface area (Å²) < 4.78 is 0. The van der Waals surface area contributed by atoms with Crippen LogP contribution in [-0.2, 0) is 19.2 Å². The molecule has 0 aromatic carbocycles. The first-order chi connectivity index (χ1) is 13.0. The number of carbonyl (C=O) groups is 4. The molecule has 0 aliphatic heterocycles. The SMILES string of the molecule is N[C@@H](CCC(=O)N[C@@H](CS)C(=O)NCC(=O)O)C(=O)O.O[C@H](CS)[C@@H](O)CS. The summed E-state index contributed by atoms with van der Waals surface area (Å²) in [5.41, 5.74) is 5.23. The fourth-order valence-electron chi connectivity index (χ4n) is 1.40. The molecule has 8 N–H and O–H groups in total. The van der Waals surface area contributed by atoms with Crippen molar-refractivity contribution in [2.24, 2.45) is 5.73 Å². The van der Waals surface area contributed by atoms with Crippen LogP contribution < -0.4 is 16.4 Å². The Morgan fingerprint density at radius 1 is 0.929 bits per heavy atom. The van der Waals surface area contributed by atoms with Gasteiger partial charge < -0.3 is 36.8 Å². The van der Waals surface area contributed by atoms with E-state index in [0.29, 0.717) is 0 Å². The zero-order valence-corrected chi connectivity index (χ0v) is 17.6. The fraction of sp³-hybridized carbons (Fsp3) is 0.714. The van der Waals surface area contributed by atoms with Crippen molar-refractivity contribution in [2.75, 3.05) is 23.8 Å². The summed E-state index contributed by atoms with van der Waals surface area (Å²) in [6, 6.07) is -2.15. The number of thiol groups is 3. The quantitative estimate of drug-likeness (QED) is 0.138. The highest BCUT2D eigenvalue weighted by Crippen LogP contribution is 1.98. The van der Waals surface area contributed by atoms with Crippen LogP contribution in [0.15, 0.2) is 0 Å². The zero-order valence-electron chi connectivity index (χ0n) is 14.9. The van der Waals surface area contributed by atoms with E-state index in [1.807, 2.05) is 0 Å². The van der Waals surface area contributed by atoms with Gasteiger partial charge in [-0.05, 0) is 6.42 Å². The number of carboxylic acids is 2. The van der Waals surface area contributed by atoms with E-state index >= 15 is 0 Å². The van der Waals surface area contributed by atoms with Crippen LogP contribution in [0.1, 0.15) is 12.8 Å². The molecule has 0 heterocycles. The molecule has 0 bridgehead atoms. The average Bonchev–Trinajstić information content (AvgIpc) is 2.67. The number of aliphatic hydroxyl groups excluding tert-OH is 2. The van der Waals surface area contributed by atoms with Gasteiger partial charge >= 0.3 is 11.9 Å². The number of aliphatic carboxylic acids is 2. The Morgan fingerprint density at radius 3 is 1.79 bits per heavy atom. The summed E-state index contributed by atoms with van der Waals surface area (Å²) in [5.74, 6) is -3.15. The Labute approximate surface area is 178 Å². The normalized spacial score (nSPS) is 14.5. The lowest BCUT2D eigenvalue weighted by atomic mass is 10.1. The minimum atomic E-state index is -1.22. The first kappa shape index (κ1) is 29.0. The van der Waals surface area contributed by atoms with Crippen LogP contribution in [0.4, 0.5) is 0 Å². The van der Waals surface area contributed by atoms with Gasteiger partial charge in [-0.1, -0.05) is 0 Å². The van der Waals surface area contributed by atoms with E-state index in [4.69, 9.17) is 26.2 Å². The Morgan fingerprint density at radius 2 is 1.43 bits per heavy atom. The molecule has 0 saturated carbocycles. The van der Waals surface area contributed by atoms with Crippen molar-refractivity contribution in [3.63, 3.8) is 0 Å². The topological polar surface area (TPSA) is 199 Å². The molecule has 0 unspecified atom stereocenters. The standard InChI is InChI=1S/C10H17N3O6S.C4H10O2S2/c11-5(10(18)19)1-2-7(14)13-6(4-20)9(17)12-3-8(15)16;5-3(1-7)4(6)2-8/h5-6,20H,1-4,11H2,(H,12,17)(H,13,14)(H,15,16)(H,18,19);3-8H,1-2H2/t5-,6-;3-,4+/m0./s1. The van der Waals surface area contributed by atoms with E-state index in [1.165, 1.54) is 0 Å². The van der Waals surface area contributed by atoms with E-state index in [-0.39, 0.29) is 30.1 Å². The highest BCUT2D eigenvalue weighted by Gasteiger charge is 2.20. The summed E-state index contributed by atoms with van der Waals surface area (Å²) in [6.07, 6.45) is -1.71. The molecule has 0 aliphatic rings. The van der Waals surface area contributed by atoms with Crippen molar-refractivity contribution in [2.45, 2.75) is 37.1 Å². The van der Waals surface area contributed by atoms with Gasteiger partial charge in [-0.25, -0.2) is 0 Å². The number of carboxylic acid groups (broad SMARTS) is 2. The zero-order chi connectivity index (χ0) is 22.3. The summed E-state index contributed by atoms with van der Waals surface area (Å²) in [7, 11) is 0. The van der Waals surface area contributed by atoms with Gasteiger partial charge in [0.1, 0.15) is 18.6 Å². The van der Waals surface area contributed by atoms with Crippen LogP contribution in [0, 0.1) is 0 Å². The largest absolute Gasteiger partial charge is 0.480 e. The number of hydrogen-bond acceptors (Lipinski definition) is 10. The van der Waals surface area contributed by atoms with Crippen molar-refractivity contribution in [1.29, 1.82) is 0 Å². The molecule has 0 aromatic rings. The molecule has 28 heavy (non-hydrogen) atoms. The van der Waals surface area contributed by atoms with Crippen LogP contribution in [-0.4, -0.2) is 92.3 Å². The number of amides is 2. The van der Waals surface area contributed by atoms with Crippen molar-refractivity contribution >= 4 is 61.6 Å². The molecular weight excluding hydrogens is 434 g/mol. The van der Waals surface area contributed by atoms with E-state index in [9.17, 15) is 19.2 Å². The molecular formula is C14H27N3O8S3. The highest BCUT2D eigenvalue weighted by atomic mass is 32.1. The average molecular weight is 462 g/mol. The maximum absolute atomic E-state index is 11.5. The molecule has 0 aromatic heterocycles. The Hall–Kier alpha value is -1.19. The molecule has 4 atom stereocenters. The van der Waals surface area contributed by atoms with Crippen LogP contribution in [0.2, 0.25) is 0 Å². The lowest BCUT2D eigenvalue weighted by Gasteiger charge is -2.16. The third kappa shape index (κ3) is 14.8. The number of aliphatic hydroxyl groups is 2. The maximum atomic E-state index is 11.5. The molecule has 0 radical (unpaired) electrons. The van der Waals surface area contributed by atoms with E-state index < -0.39 is 54.6 Å². The first-order valence-electron chi connectivity index (χ1n) is 7.96. The van der Waals surface area contributed by atoms with Crippen molar-refractivity contribution in [1.82, 2.24) is 10.6 Å². The molecule has 0 rings (SSSR count). The van der Waals surface area contributed by atoms with E-state index in [2.05, 4.69) is 48.5 Å². The van der Waals surface area contributed by atoms with Gasteiger partial charge in [0.15, 0.2) is 0 Å². The highest BCUT2D eigenvalue weighted by molar-refractivity contribution is 7.80. The Bertz CT molecular complexity index is 504. The number of nitrogens with two attached hydrogens (primary N) is 1. The number of nitrogens with one attached hydrogen (secondary N) is 2. The minimum absolute atomic E-state index is 0.0256. The molecule has 2 amide bonds. The smallest absolute Gasteiger partial charge is 0.322 e. The number of hydrogen-bond donors (Lipinski definition) is 10. The maximum Gasteiger partial charge on any atom is 0.322 e. The minimum Gasteiger partial charge on any atom is -0.480 e. The van der Waals surface area contributed by atoms with Gasteiger partial charge in [0, 0.05) is 23.7 Å². The van der Waals surface area contributed by atoms with Gasteiger partial charge in [-0.15, -0.1) is 0 Å². The monoisotopic (exact) mass is 461 g/mol. The molecule has 14 heteroatoms. The predicted molar refractivity (Wildman–Crippen MR) is 111 cm³/mol. The summed E-state index contributed by atoms with van der Waals surface area (Å²) in [6.45, 7) is -0.567. The second-order valence-corrected chi connectivity index (χ2v) is 6.49. The van der Waals surface area contributed by atoms with Gasteiger partial charge in [0.05, 0.1) is 12.2 Å². The summed E-state index contributed by atoms with van der Waals surface area (Å²) in [4.78, 5) is 43.7. The third-order valence-electron chi connectivity index (χ3n) is 3.07. The van der Waals surface area contributed by atoms with Gasteiger partial charge in [0.25, 0.3) is 0 Å². The predicted octanol–water partition coefficient (Wildman–Crippen LogP) is -2.64. The molecule has 164 valence electrons. The van der Waals surface area contributed by atoms with Crippen LogP contribution in [0.3, 0.4) is 0 Å². The summed E-state index contributed by atoms with van der Waals surface area (Å²) >= 11 is 11.4. The van der Waals surface area contributed by atoms with Crippen LogP contribution >= 0.6 is 37.9 Å². The molecule has 0 spiro atoms. The Kier molecular flexibility index (Phi) is 17.3. The van der Waals surface area contributed by atoms with Gasteiger partial charge in [-0.2, -0.15) is 37.9 Å². The van der Waals surface area contributed by atoms with Crippen molar-refractivity contribution in [3.05, 3.63) is 0 Å². The van der Waals surface area contributed by atoms with E-state index in [0.717, 1.165) is 0 Å². The lowest BCUT2D eigenvalue weighted by Crippen LogP contribution is -2.49. The lowest BCUT2D eigenvalue weighted by molar-refractivity contribution is -0.139. The van der Waals surface area contributed by atoms with Crippen LogP contribution in [0.5, 0.6) is 0 Å². The molecule has 0 saturated heterocycles. The summed E-state index contributed by atoms with van der Waals surface area (Å²) in [5, 5.41) is 38.9.